The Morgan fingerprint density at radius 2 is 1.50 bits per heavy atom. The van der Waals surface area contributed by atoms with Crippen LogP contribution in [0.25, 0.3) is 22.3 Å². The number of amides is 2. The average Bonchev–Trinajstić information content (AvgIpc) is 3.11. The van der Waals surface area contributed by atoms with Crippen LogP contribution in [0.2, 0.25) is 10.0 Å². The lowest BCUT2D eigenvalue weighted by molar-refractivity contribution is -0.134. The van der Waals surface area contributed by atoms with E-state index >= 15 is 0 Å². The number of imide groups is 1. The van der Waals surface area contributed by atoms with Crippen LogP contribution in [0.4, 0.5) is 0 Å². The highest BCUT2D eigenvalue weighted by molar-refractivity contribution is 6.31. The number of carbonyl (C=O) groups is 3. The molecule has 36 heavy (non-hydrogen) atoms. The molecule has 1 aliphatic rings. The van der Waals surface area contributed by atoms with E-state index < -0.39 is 23.2 Å². The molecule has 0 N–H and O–H groups in total. The van der Waals surface area contributed by atoms with Crippen molar-refractivity contribution < 1.29 is 23.5 Å². The second kappa shape index (κ2) is 9.60. The predicted octanol–water partition coefficient (Wildman–Crippen LogP) is 5.75. The van der Waals surface area contributed by atoms with Crippen molar-refractivity contribution in [2.24, 2.45) is 0 Å². The molecule has 1 aromatic heterocycles. The molecule has 4 aromatic rings. The van der Waals surface area contributed by atoms with E-state index in [2.05, 4.69) is 0 Å². The van der Waals surface area contributed by atoms with Gasteiger partial charge in [0.05, 0.1) is 16.5 Å². The quantitative estimate of drug-likeness (QED) is 0.237. The van der Waals surface area contributed by atoms with Crippen LogP contribution in [0.1, 0.15) is 33.6 Å². The standard InChI is InChI=1S/C27H17Cl2NO6/c28-16-9-7-15(8-10-16)24-25(23(32)20-14-17(29)11-12-21(20)35-24)36-22(31)6-3-13-30-26(33)18-4-1-2-5-19(18)27(30)34/h1-2,4-5,7-12,14H,3,6,13H2. The minimum absolute atomic E-state index is 0.0351. The lowest BCUT2D eigenvalue weighted by atomic mass is 10.1. The summed E-state index contributed by atoms with van der Waals surface area (Å²) in [4.78, 5) is 52.1. The molecule has 0 unspecified atom stereocenters. The van der Waals surface area contributed by atoms with Gasteiger partial charge in [-0.1, -0.05) is 35.3 Å². The third-order valence-electron chi connectivity index (χ3n) is 5.77. The molecular formula is C27H17Cl2NO6. The monoisotopic (exact) mass is 521 g/mol. The maximum atomic E-state index is 13.3. The van der Waals surface area contributed by atoms with Crippen molar-refractivity contribution in [3.8, 4) is 17.1 Å². The molecule has 9 heteroatoms. The lowest BCUT2D eigenvalue weighted by Crippen LogP contribution is -2.31. The molecule has 0 atom stereocenters. The van der Waals surface area contributed by atoms with Crippen LogP contribution in [-0.2, 0) is 4.79 Å². The Kier molecular flexibility index (Phi) is 6.35. The topological polar surface area (TPSA) is 93.9 Å². The van der Waals surface area contributed by atoms with Gasteiger partial charge in [-0.15, -0.1) is 0 Å². The van der Waals surface area contributed by atoms with E-state index in [0.29, 0.717) is 26.7 Å². The average molecular weight is 522 g/mol. The zero-order valence-electron chi connectivity index (χ0n) is 18.6. The molecule has 2 amide bonds. The van der Waals surface area contributed by atoms with Gasteiger partial charge in [-0.2, -0.15) is 0 Å². The zero-order valence-corrected chi connectivity index (χ0v) is 20.1. The smallest absolute Gasteiger partial charge is 0.311 e. The van der Waals surface area contributed by atoms with Gasteiger partial charge in [-0.3, -0.25) is 24.1 Å². The number of carbonyl (C=O) groups excluding carboxylic acids is 3. The van der Waals surface area contributed by atoms with Gasteiger partial charge in [0.25, 0.3) is 11.8 Å². The first kappa shape index (κ1) is 23.8. The van der Waals surface area contributed by atoms with E-state index in [0.717, 1.165) is 4.90 Å². The molecule has 2 heterocycles. The number of ether oxygens (including phenoxy) is 1. The number of esters is 1. The summed E-state index contributed by atoms with van der Waals surface area (Å²) < 4.78 is 11.4. The van der Waals surface area contributed by atoms with Crippen molar-refractivity contribution in [2.75, 3.05) is 6.54 Å². The molecule has 0 saturated heterocycles. The maximum absolute atomic E-state index is 13.3. The van der Waals surface area contributed by atoms with Gasteiger partial charge < -0.3 is 9.15 Å². The highest BCUT2D eigenvalue weighted by atomic mass is 35.5. The Bertz CT molecular complexity index is 1560. The van der Waals surface area contributed by atoms with Crippen LogP contribution in [0.15, 0.2) is 75.9 Å². The number of rotatable bonds is 6. The Labute approximate surface area is 214 Å². The molecular weight excluding hydrogens is 505 g/mol. The molecule has 0 spiro atoms. The van der Waals surface area contributed by atoms with Crippen molar-refractivity contribution >= 4 is 52.0 Å². The molecule has 0 fully saturated rings. The van der Waals surface area contributed by atoms with Gasteiger partial charge in [-0.25, -0.2) is 0 Å². The Morgan fingerprint density at radius 3 is 2.17 bits per heavy atom. The van der Waals surface area contributed by atoms with Gasteiger partial charge in [0.1, 0.15) is 5.58 Å². The van der Waals surface area contributed by atoms with Crippen molar-refractivity contribution in [3.63, 3.8) is 0 Å². The van der Waals surface area contributed by atoms with Crippen molar-refractivity contribution in [1.82, 2.24) is 4.90 Å². The van der Waals surface area contributed by atoms with E-state index in [1.54, 1.807) is 60.7 Å². The maximum Gasteiger partial charge on any atom is 0.311 e. The second-order valence-corrected chi connectivity index (χ2v) is 8.99. The summed E-state index contributed by atoms with van der Waals surface area (Å²) in [7, 11) is 0. The number of hydrogen-bond acceptors (Lipinski definition) is 6. The molecule has 0 aliphatic carbocycles. The minimum Gasteiger partial charge on any atom is -0.452 e. The van der Waals surface area contributed by atoms with Gasteiger partial charge in [-0.05, 0) is 61.0 Å². The molecule has 180 valence electrons. The zero-order chi connectivity index (χ0) is 25.4. The molecule has 0 radical (unpaired) electrons. The van der Waals surface area contributed by atoms with Crippen molar-refractivity contribution in [2.45, 2.75) is 12.8 Å². The first-order valence-electron chi connectivity index (χ1n) is 11.0. The van der Waals surface area contributed by atoms with E-state index in [-0.39, 0.29) is 41.9 Å². The summed E-state index contributed by atoms with van der Waals surface area (Å²) in [6, 6.07) is 17.7. The minimum atomic E-state index is -0.712. The van der Waals surface area contributed by atoms with Crippen LogP contribution < -0.4 is 10.2 Å². The third kappa shape index (κ3) is 4.39. The predicted molar refractivity (Wildman–Crippen MR) is 135 cm³/mol. The number of halogens is 2. The molecule has 0 saturated carbocycles. The Hall–Kier alpha value is -3.94. The summed E-state index contributed by atoms with van der Waals surface area (Å²) in [5.74, 6) is -1.73. The lowest BCUT2D eigenvalue weighted by Gasteiger charge is -2.14. The molecule has 1 aliphatic heterocycles. The fraction of sp³-hybridized carbons (Fsp3) is 0.111. The van der Waals surface area contributed by atoms with Gasteiger partial charge in [0, 0.05) is 28.6 Å². The molecule has 5 rings (SSSR count). The first-order chi connectivity index (χ1) is 17.3. The highest BCUT2D eigenvalue weighted by Crippen LogP contribution is 2.33. The number of hydrogen-bond donors (Lipinski definition) is 0. The Morgan fingerprint density at radius 1 is 0.861 bits per heavy atom. The van der Waals surface area contributed by atoms with E-state index in [9.17, 15) is 19.2 Å². The van der Waals surface area contributed by atoms with Crippen LogP contribution in [0.3, 0.4) is 0 Å². The number of fused-ring (bicyclic) bond motifs is 2. The fourth-order valence-corrected chi connectivity index (χ4v) is 4.32. The van der Waals surface area contributed by atoms with Crippen LogP contribution in [-0.4, -0.2) is 29.2 Å². The number of nitrogens with zero attached hydrogens (tertiary/aromatic N) is 1. The Balaban J connectivity index is 1.37. The normalized spacial score (nSPS) is 12.8. The van der Waals surface area contributed by atoms with Crippen LogP contribution in [0.5, 0.6) is 5.75 Å². The molecule has 0 bridgehead atoms. The third-order valence-corrected chi connectivity index (χ3v) is 6.26. The highest BCUT2D eigenvalue weighted by Gasteiger charge is 2.34. The second-order valence-electron chi connectivity index (χ2n) is 8.12. The summed E-state index contributed by atoms with van der Waals surface area (Å²) in [5.41, 5.74) is 0.884. The van der Waals surface area contributed by atoms with Crippen molar-refractivity contribution in [1.29, 1.82) is 0 Å². The van der Waals surface area contributed by atoms with Gasteiger partial charge >= 0.3 is 5.97 Å². The first-order valence-corrected chi connectivity index (χ1v) is 11.8. The van der Waals surface area contributed by atoms with Gasteiger partial charge in [0.15, 0.2) is 5.76 Å². The largest absolute Gasteiger partial charge is 0.452 e. The van der Waals surface area contributed by atoms with Gasteiger partial charge in [0.2, 0.25) is 11.2 Å². The van der Waals surface area contributed by atoms with E-state index in [1.807, 2.05) is 0 Å². The molecule has 3 aromatic carbocycles. The van der Waals surface area contributed by atoms with Crippen LogP contribution in [0, 0.1) is 0 Å². The van der Waals surface area contributed by atoms with E-state index in [4.69, 9.17) is 32.4 Å². The SMILES string of the molecule is O=C(CCCN1C(=O)c2ccccc2C1=O)Oc1c(-c2ccc(Cl)cc2)oc2ccc(Cl)cc2c1=O. The van der Waals surface area contributed by atoms with Crippen molar-refractivity contribution in [3.05, 3.63) is 98.1 Å². The van der Waals surface area contributed by atoms with E-state index in [1.165, 1.54) is 6.07 Å². The summed E-state index contributed by atoms with van der Waals surface area (Å²) in [5, 5.41) is 0.974. The molecule has 7 nitrogen and oxygen atoms in total. The summed E-state index contributed by atoms with van der Waals surface area (Å²) >= 11 is 12.0. The number of benzene rings is 3. The summed E-state index contributed by atoms with van der Waals surface area (Å²) in [6.45, 7) is 0.0351. The fourth-order valence-electron chi connectivity index (χ4n) is 4.02. The summed E-state index contributed by atoms with van der Waals surface area (Å²) in [6.07, 6.45) is 0.0197. The van der Waals surface area contributed by atoms with Crippen LogP contribution >= 0.6 is 23.2 Å².